The summed E-state index contributed by atoms with van der Waals surface area (Å²) in [4.78, 5) is 12.5. The summed E-state index contributed by atoms with van der Waals surface area (Å²) in [5.74, 6) is 1.05. The highest BCUT2D eigenvalue weighted by molar-refractivity contribution is 5.82. The number of rotatable bonds is 3. The SMILES string of the molecule is C[C@H]1Oc2ccccc2O[C@H]1C(=O)NCc1cnn2ccccc12. The standard InChI is InChI=1S/C18H17N3O3/c1-12-17(24-16-8-3-2-7-15(16)23-12)18(22)19-10-13-11-20-21-9-5-4-6-14(13)21/h2-9,11-12,17H,10H2,1H3,(H,19,22)/t12-,17-/m1/s1. The molecule has 1 N–H and O–H groups in total. The van der Waals surface area contributed by atoms with Gasteiger partial charge in [-0.15, -0.1) is 0 Å². The summed E-state index contributed by atoms with van der Waals surface area (Å²) >= 11 is 0. The molecule has 0 aliphatic carbocycles. The van der Waals surface area contributed by atoms with Crippen molar-refractivity contribution in [1.82, 2.24) is 14.9 Å². The van der Waals surface area contributed by atoms with Crippen LogP contribution in [0.4, 0.5) is 0 Å². The average Bonchev–Trinajstić information content (AvgIpc) is 3.02. The van der Waals surface area contributed by atoms with E-state index in [9.17, 15) is 4.79 Å². The third kappa shape index (κ3) is 2.56. The summed E-state index contributed by atoms with van der Waals surface area (Å²) in [6, 6.07) is 13.2. The van der Waals surface area contributed by atoms with Gasteiger partial charge in [-0.25, -0.2) is 4.52 Å². The number of carbonyl (C=O) groups is 1. The second-order valence-electron chi connectivity index (χ2n) is 5.73. The Morgan fingerprint density at radius 3 is 2.75 bits per heavy atom. The van der Waals surface area contributed by atoms with Crippen LogP contribution in [0.15, 0.2) is 54.9 Å². The molecule has 4 rings (SSSR count). The first-order chi connectivity index (χ1) is 11.7. The van der Waals surface area contributed by atoms with Crippen molar-refractivity contribution in [3.8, 4) is 11.5 Å². The minimum Gasteiger partial charge on any atom is -0.482 e. The van der Waals surface area contributed by atoms with E-state index in [-0.39, 0.29) is 12.0 Å². The van der Waals surface area contributed by atoms with E-state index in [4.69, 9.17) is 9.47 Å². The van der Waals surface area contributed by atoms with E-state index in [0.29, 0.717) is 18.0 Å². The van der Waals surface area contributed by atoms with Crippen molar-refractivity contribution in [2.45, 2.75) is 25.7 Å². The zero-order valence-corrected chi connectivity index (χ0v) is 13.2. The predicted molar refractivity (Wildman–Crippen MR) is 88.0 cm³/mol. The number of aromatic nitrogens is 2. The van der Waals surface area contributed by atoms with Crippen LogP contribution in [0.3, 0.4) is 0 Å². The molecule has 1 aromatic carbocycles. The van der Waals surface area contributed by atoms with E-state index < -0.39 is 6.10 Å². The van der Waals surface area contributed by atoms with Gasteiger partial charge < -0.3 is 14.8 Å². The molecule has 6 heteroatoms. The molecular formula is C18H17N3O3. The van der Waals surface area contributed by atoms with Crippen molar-refractivity contribution in [1.29, 1.82) is 0 Å². The molecule has 1 aliphatic heterocycles. The summed E-state index contributed by atoms with van der Waals surface area (Å²) in [6.07, 6.45) is 2.59. The van der Waals surface area contributed by atoms with E-state index in [2.05, 4.69) is 10.4 Å². The molecule has 0 fully saturated rings. The Labute approximate surface area is 139 Å². The monoisotopic (exact) mass is 323 g/mol. The lowest BCUT2D eigenvalue weighted by molar-refractivity contribution is -0.133. The molecule has 24 heavy (non-hydrogen) atoms. The van der Waals surface area contributed by atoms with Crippen LogP contribution < -0.4 is 14.8 Å². The number of fused-ring (bicyclic) bond motifs is 2. The first kappa shape index (κ1) is 14.6. The number of pyridine rings is 1. The molecule has 2 atom stereocenters. The van der Waals surface area contributed by atoms with Gasteiger partial charge in [0.15, 0.2) is 11.5 Å². The van der Waals surface area contributed by atoms with Crippen LogP contribution in [-0.4, -0.2) is 27.7 Å². The Kier molecular flexibility index (Phi) is 3.57. The number of para-hydroxylation sites is 2. The fraction of sp³-hybridized carbons (Fsp3) is 0.222. The Bertz CT molecular complexity index is 890. The molecule has 0 unspecified atom stereocenters. The minimum absolute atomic E-state index is 0.202. The third-order valence-corrected chi connectivity index (χ3v) is 4.06. The molecule has 1 aliphatic rings. The molecule has 0 bridgehead atoms. The maximum Gasteiger partial charge on any atom is 0.265 e. The molecular weight excluding hydrogens is 306 g/mol. The second-order valence-corrected chi connectivity index (χ2v) is 5.73. The van der Waals surface area contributed by atoms with Crippen LogP contribution in [0, 0.1) is 0 Å². The summed E-state index contributed by atoms with van der Waals surface area (Å²) in [5.41, 5.74) is 1.92. The largest absolute Gasteiger partial charge is 0.482 e. The highest BCUT2D eigenvalue weighted by Gasteiger charge is 2.33. The lowest BCUT2D eigenvalue weighted by atomic mass is 10.1. The molecule has 122 valence electrons. The minimum atomic E-state index is -0.679. The van der Waals surface area contributed by atoms with Gasteiger partial charge in [-0.3, -0.25) is 4.79 Å². The molecule has 0 saturated carbocycles. The van der Waals surface area contributed by atoms with Crippen LogP contribution in [0.25, 0.3) is 5.52 Å². The van der Waals surface area contributed by atoms with Gasteiger partial charge in [0.1, 0.15) is 6.10 Å². The number of nitrogens with zero attached hydrogens (tertiary/aromatic N) is 2. The van der Waals surface area contributed by atoms with Crippen LogP contribution in [-0.2, 0) is 11.3 Å². The van der Waals surface area contributed by atoms with Gasteiger partial charge in [0, 0.05) is 18.3 Å². The Morgan fingerprint density at radius 2 is 1.92 bits per heavy atom. The van der Waals surface area contributed by atoms with Crippen molar-refractivity contribution >= 4 is 11.4 Å². The van der Waals surface area contributed by atoms with Gasteiger partial charge in [0.2, 0.25) is 6.10 Å². The Morgan fingerprint density at radius 1 is 1.17 bits per heavy atom. The van der Waals surface area contributed by atoms with Crippen molar-refractivity contribution in [2.24, 2.45) is 0 Å². The summed E-state index contributed by atoms with van der Waals surface area (Å²) in [6.45, 7) is 2.22. The van der Waals surface area contributed by atoms with Crippen LogP contribution in [0.2, 0.25) is 0 Å². The van der Waals surface area contributed by atoms with E-state index in [1.807, 2.05) is 49.5 Å². The fourth-order valence-electron chi connectivity index (χ4n) is 2.81. The Balaban J connectivity index is 1.47. The lowest BCUT2D eigenvalue weighted by Gasteiger charge is -2.30. The molecule has 0 saturated heterocycles. The molecule has 2 aromatic heterocycles. The third-order valence-electron chi connectivity index (χ3n) is 4.06. The normalized spacial score (nSPS) is 19.2. The molecule has 3 aromatic rings. The second kappa shape index (κ2) is 5.88. The summed E-state index contributed by atoms with van der Waals surface area (Å²) < 4.78 is 13.4. The molecule has 3 heterocycles. The number of benzene rings is 1. The number of carbonyl (C=O) groups excluding carboxylic acids is 1. The average molecular weight is 323 g/mol. The molecule has 1 amide bonds. The van der Waals surface area contributed by atoms with E-state index in [1.54, 1.807) is 16.8 Å². The van der Waals surface area contributed by atoms with Crippen LogP contribution in [0.1, 0.15) is 12.5 Å². The summed E-state index contributed by atoms with van der Waals surface area (Å²) in [5, 5.41) is 7.17. The van der Waals surface area contributed by atoms with Gasteiger partial charge in [-0.2, -0.15) is 5.10 Å². The van der Waals surface area contributed by atoms with Gasteiger partial charge in [-0.1, -0.05) is 18.2 Å². The smallest absolute Gasteiger partial charge is 0.265 e. The van der Waals surface area contributed by atoms with Gasteiger partial charge in [0.25, 0.3) is 5.91 Å². The summed E-state index contributed by atoms with van der Waals surface area (Å²) in [7, 11) is 0. The highest BCUT2D eigenvalue weighted by Crippen LogP contribution is 2.33. The Hall–Kier alpha value is -3.02. The number of ether oxygens (including phenoxy) is 2. The van der Waals surface area contributed by atoms with Crippen molar-refractivity contribution in [3.63, 3.8) is 0 Å². The van der Waals surface area contributed by atoms with Crippen LogP contribution in [0.5, 0.6) is 11.5 Å². The first-order valence-electron chi connectivity index (χ1n) is 7.83. The zero-order chi connectivity index (χ0) is 16.5. The van der Waals surface area contributed by atoms with Gasteiger partial charge in [-0.05, 0) is 31.2 Å². The van der Waals surface area contributed by atoms with E-state index in [0.717, 1.165) is 11.1 Å². The number of hydrogen-bond acceptors (Lipinski definition) is 4. The molecule has 0 radical (unpaired) electrons. The highest BCUT2D eigenvalue weighted by atomic mass is 16.6. The maximum atomic E-state index is 12.5. The van der Waals surface area contributed by atoms with Crippen molar-refractivity contribution in [3.05, 3.63) is 60.4 Å². The van der Waals surface area contributed by atoms with Crippen LogP contribution >= 0.6 is 0 Å². The van der Waals surface area contributed by atoms with Gasteiger partial charge in [0.05, 0.1) is 11.7 Å². The molecule has 0 spiro atoms. The van der Waals surface area contributed by atoms with E-state index >= 15 is 0 Å². The zero-order valence-electron chi connectivity index (χ0n) is 13.2. The van der Waals surface area contributed by atoms with Crippen molar-refractivity contribution in [2.75, 3.05) is 0 Å². The number of hydrogen-bond donors (Lipinski definition) is 1. The quantitative estimate of drug-likeness (QED) is 0.802. The maximum absolute atomic E-state index is 12.5. The predicted octanol–water partition coefficient (Wildman–Crippen LogP) is 2.18. The number of amides is 1. The van der Waals surface area contributed by atoms with Gasteiger partial charge >= 0.3 is 0 Å². The first-order valence-corrected chi connectivity index (χ1v) is 7.83. The topological polar surface area (TPSA) is 64.9 Å². The fourth-order valence-corrected chi connectivity index (χ4v) is 2.81. The van der Waals surface area contributed by atoms with Crippen molar-refractivity contribution < 1.29 is 14.3 Å². The van der Waals surface area contributed by atoms with E-state index in [1.165, 1.54) is 0 Å². The number of nitrogens with one attached hydrogen (secondary N) is 1. The lowest BCUT2D eigenvalue weighted by Crippen LogP contribution is -2.48. The molecule has 6 nitrogen and oxygen atoms in total.